The number of nitrogens with one attached hydrogen (secondary N) is 1. The number of rotatable bonds is 3. The van der Waals surface area contributed by atoms with Crippen molar-refractivity contribution in [3.05, 3.63) is 28.9 Å². The van der Waals surface area contributed by atoms with E-state index >= 15 is 0 Å². The molecule has 1 aromatic carbocycles. The van der Waals surface area contributed by atoms with Gasteiger partial charge in [0.2, 0.25) is 0 Å². The molecule has 0 spiro atoms. The van der Waals surface area contributed by atoms with Gasteiger partial charge < -0.3 is 9.64 Å². The highest BCUT2D eigenvalue weighted by Crippen LogP contribution is 2.35. The van der Waals surface area contributed by atoms with E-state index in [1.165, 1.54) is 12.8 Å². The molecule has 2 heterocycles. The molecular weight excluding hydrogens is 302 g/mol. The largest absolute Gasteiger partial charge is 0.377 e. The van der Waals surface area contributed by atoms with Gasteiger partial charge in [0.25, 0.3) is 5.91 Å². The van der Waals surface area contributed by atoms with Crippen LogP contribution in [0, 0.1) is 5.92 Å². The fourth-order valence-corrected chi connectivity index (χ4v) is 3.31. The second kappa shape index (κ2) is 5.56. The van der Waals surface area contributed by atoms with Crippen LogP contribution in [0.15, 0.2) is 18.2 Å². The van der Waals surface area contributed by atoms with Gasteiger partial charge in [-0.3, -0.25) is 9.89 Å². The average molecular weight is 320 g/mol. The highest BCUT2D eigenvalue weighted by Gasteiger charge is 2.34. The van der Waals surface area contributed by atoms with Crippen LogP contribution in [0.3, 0.4) is 0 Å². The molecule has 1 aromatic heterocycles. The molecule has 0 bridgehead atoms. The number of nitrogens with zero attached hydrogens (tertiary/aromatic N) is 2. The second-order valence-electron chi connectivity index (χ2n) is 6.17. The Kier molecular flexibility index (Phi) is 3.54. The van der Waals surface area contributed by atoms with Gasteiger partial charge in [0.1, 0.15) is 0 Å². The van der Waals surface area contributed by atoms with Gasteiger partial charge >= 0.3 is 0 Å². The third-order valence-electron chi connectivity index (χ3n) is 4.52. The number of amides is 1. The number of ether oxygens (including phenoxy) is 1. The molecule has 1 aliphatic heterocycles. The first-order chi connectivity index (χ1) is 10.7. The van der Waals surface area contributed by atoms with E-state index in [0.29, 0.717) is 30.5 Å². The topological polar surface area (TPSA) is 58.2 Å². The molecular formula is C16H18ClN3O2. The smallest absolute Gasteiger partial charge is 0.275 e. The van der Waals surface area contributed by atoms with Crippen LogP contribution in [0.5, 0.6) is 0 Å². The Morgan fingerprint density at radius 3 is 3.14 bits per heavy atom. The minimum atomic E-state index is -0.0255. The van der Waals surface area contributed by atoms with E-state index in [1.54, 1.807) is 12.1 Å². The summed E-state index contributed by atoms with van der Waals surface area (Å²) in [6.07, 6.45) is 3.59. The van der Waals surface area contributed by atoms with Crippen LogP contribution in [0.1, 0.15) is 29.8 Å². The fraction of sp³-hybridized carbons (Fsp3) is 0.500. The maximum atomic E-state index is 12.9. The van der Waals surface area contributed by atoms with E-state index in [4.69, 9.17) is 16.3 Å². The molecule has 2 aromatic rings. The number of morpholine rings is 1. The molecule has 1 aliphatic carbocycles. The van der Waals surface area contributed by atoms with Crippen molar-refractivity contribution < 1.29 is 9.53 Å². The Labute approximate surface area is 133 Å². The van der Waals surface area contributed by atoms with Gasteiger partial charge in [-0.15, -0.1) is 0 Å². The van der Waals surface area contributed by atoms with E-state index in [9.17, 15) is 4.79 Å². The van der Waals surface area contributed by atoms with Gasteiger partial charge in [0.15, 0.2) is 5.69 Å². The number of aromatic amines is 1. The van der Waals surface area contributed by atoms with E-state index in [-0.39, 0.29) is 11.9 Å². The lowest BCUT2D eigenvalue weighted by atomic mass is 10.1. The molecule has 1 atom stereocenters. The number of H-pyrrole nitrogens is 1. The van der Waals surface area contributed by atoms with Crippen molar-refractivity contribution in [2.24, 2.45) is 5.92 Å². The average Bonchev–Trinajstić information content (AvgIpc) is 3.24. The summed E-state index contributed by atoms with van der Waals surface area (Å²) < 4.78 is 5.57. The number of benzene rings is 1. The number of carbonyl (C=O) groups is 1. The van der Waals surface area contributed by atoms with Crippen LogP contribution in [-0.4, -0.2) is 46.8 Å². The summed E-state index contributed by atoms with van der Waals surface area (Å²) in [6.45, 7) is 1.85. The third-order valence-corrected chi connectivity index (χ3v) is 4.75. The molecule has 1 saturated heterocycles. The van der Waals surface area contributed by atoms with Crippen molar-refractivity contribution in [2.45, 2.75) is 25.3 Å². The molecule has 1 N–H and O–H groups in total. The van der Waals surface area contributed by atoms with Crippen molar-refractivity contribution in [3.8, 4) is 0 Å². The zero-order valence-corrected chi connectivity index (χ0v) is 13.0. The van der Waals surface area contributed by atoms with Crippen LogP contribution in [0.25, 0.3) is 10.9 Å². The number of fused-ring (bicyclic) bond motifs is 1. The summed E-state index contributed by atoms with van der Waals surface area (Å²) >= 11 is 6.06. The molecule has 0 radical (unpaired) electrons. The minimum absolute atomic E-state index is 0.0255. The van der Waals surface area contributed by atoms with E-state index < -0.39 is 0 Å². The fourth-order valence-electron chi connectivity index (χ4n) is 3.14. The summed E-state index contributed by atoms with van der Waals surface area (Å²) in [6, 6.07) is 5.60. The summed E-state index contributed by atoms with van der Waals surface area (Å²) in [5, 5.41) is 8.54. The van der Waals surface area contributed by atoms with Gasteiger partial charge in [-0.2, -0.15) is 5.10 Å². The van der Waals surface area contributed by atoms with E-state index in [2.05, 4.69) is 10.2 Å². The van der Waals surface area contributed by atoms with Gasteiger partial charge in [-0.25, -0.2) is 0 Å². The minimum Gasteiger partial charge on any atom is -0.377 e. The van der Waals surface area contributed by atoms with Crippen molar-refractivity contribution in [2.75, 3.05) is 19.8 Å². The second-order valence-corrected chi connectivity index (χ2v) is 6.60. The third kappa shape index (κ3) is 2.59. The van der Waals surface area contributed by atoms with Crippen LogP contribution in [0.4, 0.5) is 0 Å². The predicted octanol–water partition coefficient (Wildman–Crippen LogP) is 2.86. The van der Waals surface area contributed by atoms with Crippen LogP contribution in [0.2, 0.25) is 5.02 Å². The van der Waals surface area contributed by atoms with E-state index in [0.717, 1.165) is 23.2 Å². The zero-order valence-electron chi connectivity index (χ0n) is 12.2. The molecule has 1 saturated carbocycles. The quantitative estimate of drug-likeness (QED) is 0.946. The Balaban J connectivity index is 1.64. The van der Waals surface area contributed by atoms with Crippen LogP contribution >= 0.6 is 11.6 Å². The Hall–Kier alpha value is -1.59. The van der Waals surface area contributed by atoms with Gasteiger partial charge in [-0.1, -0.05) is 24.4 Å². The molecule has 4 rings (SSSR count). The number of aromatic nitrogens is 2. The molecule has 1 unspecified atom stereocenters. The number of hydrogen-bond donors (Lipinski definition) is 1. The molecule has 6 heteroatoms. The molecule has 116 valence electrons. The highest BCUT2D eigenvalue weighted by molar-refractivity contribution is 6.31. The molecule has 2 aliphatic rings. The number of halogens is 1. The van der Waals surface area contributed by atoms with Crippen molar-refractivity contribution in [3.63, 3.8) is 0 Å². The number of carbonyl (C=O) groups excluding carboxylic acids is 1. The Morgan fingerprint density at radius 1 is 1.45 bits per heavy atom. The maximum absolute atomic E-state index is 12.9. The summed E-state index contributed by atoms with van der Waals surface area (Å²) in [7, 11) is 0. The van der Waals surface area contributed by atoms with E-state index in [1.807, 2.05) is 11.0 Å². The molecule has 5 nitrogen and oxygen atoms in total. The van der Waals surface area contributed by atoms with Crippen LogP contribution in [-0.2, 0) is 4.74 Å². The first kappa shape index (κ1) is 14.0. The van der Waals surface area contributed by atoms with Gasteiger partial charge in [0, 0.05) is 17.0 Å². The predicted molar refractivity (Wildman–Crippen MR) is 84.1 cm³/mol. The van der Waals surface area contributed by atoms with Gasteiger partial charge in [-0.05, 0) is 30.5 Å². The van der Waals surface area contributed by atoms with Gasteiger partial charge in [0.05, 0.1) is 24.8 Å². The zero-order chi connectivity index (χ0) is 15.1. The molecule has 1 amide bonds. The first-order valence-electron chi connectivity index (χ1n) is 7.74. The maximum Gasteiger partial charge on any atom is 0.275 e. The first-order valence-corrected chi connectivity index (χ1v) is 8.12. The summed E-state index contributed by atoms with van der Waals surface area (Å²) in [5.74, 6) is 0.731. The highest BCUT2D eigenvalue weighted by atomic mass is 35.5. The SMILES string of the molecule is O=C(c1n[nH]c2ccc(Cl)cc12)N1CCOCC1CC1CC1. The van der Waals surface area contributed by atoms with Crippen LogP contribution < -0.4 is 0 Å². The summed E-state index contributed by atoms with van der Waals surface area (Å²) in [4.78, 5) is 14.9. The lowest BCUT2D eigenvalue weighted by Gasteiger charge is -2.35. The molecule has 22 heavy (non-hydrogen) atoms. The normalized spacial score (nSPS) is 22.2. The van der Waals surface area contributed by atoms with Crippen molar-refractivity contribution in [1.29, 1.82) is 0 Å². The lowest BCUT2D eigenvalue weighted by molar-refractivity contribution is -0.00589. The lowest BCUT2D eigenvalue weighted by Crippen LogP contribution is -2.49. The standard InChI is InChI=1S/C16H18ClN3O2/c17-11-3-4-14-13(8-11)15(19-18-14)16(21)20-5-6-22-9-12(20)7-10-1-2-10/h3-4,8,10,12H,1-2,5-7,9H2,(H,18,19). The molecule has 2 fully saturated rings. The monoisotopic (exact) mass is 319 g/mol. The Bertz CT molecular complexity index is 710. The Morgan fingerprint density at radius 2 is 2.32 bits per heavy atom. The van der Waals surface area contributed by atoms with Crippen molar-refractivity contribution in [1.82, 2.24) is 15.1 Å². The number of hydrogen-bond acceptors (Lipinski definition) is 3. The summed E-state index contributed by atoms with van der Waals surface area (Å²) in [5.41, 5.74) is 1.29. The van der Waals surface area contributed by atoms with Crippen molar-refractivity contribution >= 4 is 28.4 Å².